The summed E-state index contributed by atoms with van der Waals surface area (Å²) in [5.41, 5.74) is -0.667. The molecule has 3 N–H and O–H groups in total. The fourth-order valence-electron chi connectivity index (χ4n) is 1.36. The summed E-state index contributed by atoms with van der Waals surface area (Å²) in [6.07, 6.45) is 8.55. The molecule has 39 heavy (non-hydrogen) atoms. The summed E-state index contributed by atoms with van der Waals surface area (Å²) in [6.45, 7) is 22.2. The number of carbonyl (C=O) groups is 3. The van der Waals surface area contributed by atoms with Crippen molar-refractivity contribution in [3.05, 3.63) is 75.9 Å². The highest BCUT2D eigenvalue weighted by Crippen LogP contribution is 2.18. The smallest absolute Gasteiger partial charge is 0.332 e. The van der Waals surface area contributed by atoms with Crippen molar-refractivity contribution in [2.45, 2.75) is 13.3 Å². The molecule has 0 aromatic rings. The van der Waals surface area contributed by atoms with Crippen molar-refractivity contribution in [1.29, 1.82) is 0 Å². The second-order valence-corrected chi connectivity index (χ2v) is 6.66. The maximum absolute atomic E-state index is 10.3. The standard InChI is InChI=1S/3C7H10O3.C6H14O3/c3*1-3-5-9-6-10-7(8)4-2;1-2-6(3-7,4-8)5-9/h3*3-4H,1-2,5-6H2;7-9H,2-5H2,1H3. The Bertz CT molecular complexity index is 591. The number of hydrogen-bond donors (Lipinski definition) is 3. The Hall–Kier alpha value is -3.39. The molecule has 0 rings (SSSR count). The first-order valence-corrected chi connectivity index (χ1v) is 11.4. The van der Waals surface area contributed by atoms with Gasteiger partial charge in [-0.1, -0.05) is 44.9 Å². The van der Waals surface area contributed by atoms with E-state index in [2.05, 4.69) is 53.7 Å². The number of hydrogen-bond acceptors (Lipinski definition) is 12. The maximum atomic E-state index is 10.3. The number of esters is 3. The Morgan fingerprint density at radius 1 is 0.590 bits per heavy atom. The number of rotatable bonds is 19. The zero-order valence-electron chi connectivity index (χ0n) is 22.8. The normalized spacial score (nSPS) is 9.23. The summed E-state index contributed by atoms with van der Waals surface area (Å²) in [6, 6.07) is 0. The molecule has 0 aromatic carbocycles. The highest BCUT2D eigenvalue weighted by Gasteiger charge is 2.24. The molecule has 0 atom stereocenters. The van der Waals surface area contributed by atoms with Gasteiger partial charge >= 0.3 is 17.9 Å². The lowest BCUT2D eigenvalue weighted by Crippen LogP contribution is -2.32. The lowest BCUT2D eigenvalue weighted by atomic mass is 9.88. The molecule has 0 saturated heterocycles. The molecular weight excluding hydrogens is 516 g/mol. The van der Waals surface area contributed by atoms with E-state index in [0.717, 1.165) is 18.2 Å². The van der Waals surface area contributed by atoms with E-state index in [1.165, 1.54) is 0 Å². The van der Waals surface area contributed by atoms with Crippen LogP contribution in [-0.4, -0.2) is 93.2 Å². The van der Waals surface area contributed by atoms with Crippen LogP contribution in [0.5, 0.6) is 0 Å². The van der Waals surface area contributed by atoms with Crippen LogP contribution in [-0.2, 0) is 42.8 Å². The third kappa shape index (κ3) is 34.6. The van der Waals surface area contributed by atoms with Crippen LogP contribution in [0.4, 0.5) is 0 Å². The van der Waals surface area contributed by atoms with Crippen LogP contribution in [0.15, 0.2) is 75.9 Å². The predicted molar refractivity (Wildman–Crippen MR) is 146 cm³/mol. The summed E-state index contributed by atoms with van der Waals surface area (Å²) in [4.78, 5) is 31.0. The minimum Gasteiger partial charge on any atom is -0.435 e. The molecule has 12 nitrogen and oxygen atoms in total. The Labute approximate surface area is 231 Å². The van der Waals surface area contributed by atoms with Crippen molar-refractivity contribution >= 4 is 17.9 Å². The molecule has 0 heterocycles. The van der Waals surface area contributed by atoms with Crippen molar-refractivity contribution in [2.75, 3.05) is 60.0 Å². The molecule has 0 unspecified atom stereocenters. The third-order valence-electron chi connectivity index (χ3n) is 3.82. The van der Waals surface area contributed by atoms with Gasteiger partial charge in [0.1, 0.15) is 0 Å². The first kappa shape index (κ1) is 42.7. The largest absolute Gasteiger partial charge is 0.435 e. The molecule has 12 heteroatoms. The lowest BCUT2D eigenvalue weighted by Gasteiger charge is -2.24. The van der Waals surface area contributed by atoms with Gasteiger partial charge in [-0.3, -0.25) is 0 Å². The van der Waals surface area contributed by atoms with E-state index in [1.807, 2.05) is 6.92 Å². The maximum Gasteiger partial charge on any atom is 0.332 e. The average molecular weight is 561 g/mol. The van der Waals surface area contributed by atoms with Gasteiger partial charge < -0.3 is 43.7 Å². The minimum absolute atomic E-state index is 0.0448. The average Bonchev–Trinajstić information content (AvgIpc) is 2.97. The number of aliphatic hydroxyl groups is 3. The van der Waals surface area contributed by atoms with Gasteiger partial charge in [-0.15, -0.1) is 19.7 Å². The van der Waals surface area contributed by atoms with Gasteiger partial charge in [0.15, 0.2) is 20.4 Å². The summed E-state index contributed by atoms with van der Waals surface area (Å²) < 4.78 is 27.6. The third-order valence-corrected chi connectivity index (χ3v) is 3.82. The molecule has 0 aromatic heterocycles. The zero-order valence-corrected chi connectivity index (χ0v) is 22.8. The van der Waals surface area contributed by atoms with Crippen molar-refractivity contribution < 1.29 is 58.1 Å². The topological polar surface area (TPSA) is 167 Å². The molecule has 0 aliphatic heterocycles. The molecule has 0 amide bonds. The lowest BCUT2D eigenvalue weighted by molar-refractivity contribution is -0.150. The van der Waals surface area contributed by atoms with E-state index in [-0.39, 0.29) is 40.2 Å². The molecule has 0 bridgehead atoms. The first-order valence-electron chi connectivity index (χ1n) is 11.4. The highest BCUT2D eigenvalue weighted by atomic mass is 16.7. The van der Waals surface area contributed by atoms with E-state index in [0.29, 0.717) is 26.2 Å². The van der Waals surface area contributed by atoms with E-state index < -0.39 is 23.3 Å². The van der Waals surface area contributed by atoms with Crippen LogP contribution >= 0.6 is 0 Å². The summed E-state index contributed by atoms with van der Waals surface area (Å²) in [5, 5.41) is 26.0. The van der Waals surface area contributed by atoms with Crippen molar-refractivity contribution in [3.63, 3.8) is 0 Å². The van der Waals surface area contributed by atoms with Gasteiger partial charge in [0.25, 0.3) is 0 Å². The molecule has 0 radical (unpaired) electrons. The first-order chi connectivity index (χ1) is 18.7. The summed E-state index contributed by atoms with van der Waals surface area (Å²) in [5.74, 6) is -1.45. The molecule has 0 spiro atoms. The SMILES string of the molecule is C=CCOCOC(=O)C=C.C=CCOCOC(=O)C=C.C=CCOCOC(=O)C=C.CCC(CO)(CO)CO. The molecule has 224 valence electrons. The molecular formula is C27H44O12. The second-order valence-electron chi connectivity index (χ2n) is 6.66. The van der Waals surface area contributed by atoms with Gasteiger partial charge in [0.05, 0.1) is 39.6 Å². The van der Waals surface area contributed by atoms with Crippen molar-refractivity contribution in [2.24, 2.45) is 5.41 Å². The highest BCUT2D eigenvalue weighted by molar-refractivity contribution is 5.81. The quantitative estimate of drug-likeness (QED) is 0.0526. The van der Waals surface area contributed by atoms with E-state index in [1.54, 1.807) is 18.2 Å². The molecule has 0 aliphatic carbocycles. The van der Waals surface area contributed by atoms with Gasteiger partial charge in [-0.2, -0.15) is 0 Å². The Kier molecular flexibility index (Phi) is 37.9. The summed E-state index contributed by atoms with van der Waals surface area (Å²) >= 11 is 0. The molecule has 0 fully saturated rings. The Morgan fingerprint density at radius 3 is 0.974 bits per heavy atom. The van der Waals surface area contributed by atoms with E-state index >= 15 is 0 Å². The Morgan fingerprint density at radius 2 is 0.846 bits per heavy atom. The minimum atomic E-state index is -0.667. The van der Waals surface area contributed by atoms with Crippen molar-refractivity contribution in [1.82, 2.24) is 0 Å². The van der Waals surface area contributed by atoms with Gasteiger partial charge in [-0.05, 0) is 6.42 Å². The van der Waals surface area contributed by atoms with Crippen LogP contribution in [0.2, 0.25) is 0 Å². The van der Waals surface area contributed by atoms with Crippen LogP contribution in [0, 0.1) is 5.41 Å². The van der Waals surface area contributed by atoms with Crippen LogP contribution in [0.1, 0.15) is 13.3 Å². The number of carbonyl (C=O) groups excluding carboxylic acids is 3. The van der Waals surface area contributed by atoms with E-state index in [4.69, 9.17) is 29.5 Å². The van der Waals surface area contributed by atoms with Gasteiger partial charge in [0, 0.05) is 23.6 Å². The second kappa shape index (κ2) is 34.6. The Balaban J connectivity index is -0.000000210. The van der Waals surface area contributed by atoms with Crippen LogP contribution < -0.4 is 0 Å². The summed E-state index contributed by atoms with van der Waals surface area (Å²) in [7, 11) is 0. The monoisotopic (exact) mass is 560 g/mol. The zero-order chi connectivity index (χ0) is 30.8. The fraction of sp³-hybridized carbons (Fsp3) is 0.444. The predicted octanol–water partition coefficient (Wildman–Crippen LogP) is 1.99. The van der Waals surface area contributed by atoms with Crippen LogP contribution in [0.25, 0.3) is 0 Å². The van der Waals surface area contributed by atoms with E-state index in [9.17, 15) is 14.4 Å². The fourth-order valence-corrected chi connectivity index (χ4v) is 1.36. The number of ether oxygens (including phenoxy) is 6. The van der Waals surface area contributed by atoms with Crippen molar-refractivity contribution in [3.8, 4) is 0 Å². The van der Waals surface area contributed by atoms with Gasteiger partial charge in [-0.25, -0.2) is 14.4 Å². The van der Waals surface area contributed by atoms with Crippen LogP contribution in [0.3, 0.4) is 0 Å². The molecule has 0 aliphatic rings. The number of aliphatic hydroxyl groups excluding tert-OH is 3. The van der Waals surface area contributed by atoms with Gasteiger partial charge in [0.2, 0.25) is 0 Å². The molecule has 0 saturated carbocycles.